The van der Waals surface area contributed by atoms with Crippen LogP contribution in [-0.4, -0.2) is 78.6 Å². The van der Waals surface area contributed by atoms with Crippen LogP contribution in [0.3, 0.4) is 0 Å². The highest BCUT2D eigenvalue weighted by Crippen LogP contribution is 2.44. The van der Waals surface area contributed by atoms with E-state index in [0.717, 1.165) is 4.31 Å². The second-order valence-electron chi connectivity index (χ2n) is 6.20. The minimum absolute atomic E-state index is 0.0235. The van der Waals surface area contributed by atoms with Crippen LogP contribution in [0.4, 0.5) is 5.82 Å². The highest BCUT2D eigenvalue weighted by Gasteiger charge is 2.60. The van der Waals surface area contributed by atoms with Crippen LogP contribution in [0.15, 0.2) is 18.3 Å². The SMILES string of the molecule is CN(C)S(=O)(=O)N1C[C@@H]2CN(c3cccnn3)C[C@]2(C(=O)O)C1. The summed E-state index contributed by atoms with van der Waals surface area (Å²) in [7, 11) is -0.721. The van der Waals surface area contributed by atoms with E-state index in [1.54, 1.807) is 18.3 Å². The predicted molar refractivity (Wildman–Crippen MR) is 82.0 cm³/mol. The molecule has 2 aliphatic heterocycles. The van der Waals surface area contributed by atoms with Gasteiger partial charge in [-0.2, -0.15) is 22.1 Å². The molecule has 9 nitrogen and oxygen atoms in total. The highest BCUT2D eigenvalue weighted by atomic mass is 32.2. The molecule has 0 unspecified atom stereocenters. The van der Waals surface area contributed by atoms with Gasteiger partial charge in [0.25, 0.3) is 10.2 Å². The summed E-state index contributed by atoms with van der Waals surface area (Å²) in [5.41, 5.74) is -1.11. The van der Waals surface area contributed by atoms with Gasteiger partial charge in [-0.3, -0.25) is 4.79 Å². The zero-order valence-electron chi connectivity index (χ0n) is 13.0. The minimum atomic E-state index is -3.62. The maximum atomic E-state index is 12.3. The van der Waals surface area contributed by atoms with E-state index in [-0.39, 0.29) is 25.6 Å². The van der Waals surface area contributed by atoms with Crippen LogP contribution in [0.1, 0.15) is 0 Å². The van der Waals surface area contributed by atoms with Gasteiger partial charge in [0.1, 0.15) is 5.41 Å². The molecular formula is C13H19N5O4S. The number of fused-ring (bicyclic) bond motifs is 1. The topological polar surface area (TPSA) is 107 Å². The molecule has 3 heterocycles. The summed E-state index contributed by atoms with van der Waals surface area (Å²) in [6.07, 6.45) is 1.55. The van der Waals surface area contributed by atoms with Crippen molar-refractivity contribution in [1.82, 2.24) is 18.8 Å². The third kappa shape index (κ3) is 2.46. The Morgan fingerprint density at radius 1 is 1.39 bits per heavy atom. The number of rotatable bonds is 4. The Hall–Kier alpha value is -1.78. The first-order chi connectivity index (χ1) is 10.8. The van der Waals surface area contributed by atoms with Gasteiger partial charge in [0.05, 0.1) is 0 Å². The van der Waals surface area contributed by atoms with E-state index in [1.165, 1.54) is 18.4 Å². The first-order valence-electron chi connectivity index (χ1n) is 7.21. The summed E-state index contributed by atoms with van der Waals surface area (Å²) < 4.78 is 27.0. The summed E-state index contributed by atoms with van der Waals surface area (Å²) in [5, 5.41) is 17.6. The van der Waals surface area contributed by atoms with Gasteiger partial charge < -0.3 is 10.0 Å². The molecule has 2 atom stereocenters. The summed E-state index contributed by atoms with van der Waals surface area (Å²) >= 11 is 0. The van der Waals surface area contributed by atoms with Crippen molar-refractivity contribution in [3.05, 3.63) is 18.3 Å². The van der Waals surface area contributed by atoms with Crippen LogP contribution >= 0.6 is 0 Å². The van der Waals surface area contributed by atoms with Crippen molar-refractivity contribution in [2.75, 3.05) is 45.2 Å². The van der Waals surface area contributed by atoms with E-state index < -0.39 is 21.6 Å². The van der Waals surface area contributed by atoms with E-state index in [4.69, 9.17) is 0 Å². The fourth-order valence-corrected chi connectivity index (χ4v) is 4.59. The molecule has 1 aromatic rings. The van der Waals surface area contributed by atoms with Crippen LogP contribution < -0.4 is 4.90 Å². The molecule has 1 N–H and O–H groups in total. The Balaban J connectivity index is 1.88. The predicted octanol–water partition coefficient (Wildman–Crippen LogP) is -0.894. The molecule has 0 aromatic carbocycles. The number of anilines is 1. The van der Waals surface area contributed by atoms with Crippen LogP contribution in [0.2, 0.25) is 0 Å². The number of hydrogen-bond acceptors (Lipinski definition) is 6. The fraction of sp³-hybridized carbons (Fsp3) is 0.615. The van der Waals surface area contributed by atoms with Gasteiger partial charge in [-0.05, 0) is 12.1 Å². The monoisotopic (exact) mass is 341 g/mol. The molecule has 1 aromatic heterocycles. The van der Waals surface area contributed by atoms with Crippen molar-refractivity contribution < 1.29 is 18.3 Å². The van der Waals surface area contributed by atoms with E-state index in [0.29, 0.717) is 12.4 Å². The van der Waals surface area contributed by atoms with Gasteiger partial charge in [-0.1, -0.05) is 0 Å². The summed E-state index contributed by atoms with van der Waals surface area (Å²) in [6.45, 7) is 0.851. The molecule has 126 valence electrons. The Morgan fingerprint density at radius 3 is 2.65 bits per heavy atom. The lowest BCUT2D eigenvalue weighted by Crippen LogP contribution is -2.44. The molecule has 0 spiro atoms. The van der Waals surface area contributed by atoms with Gasteiger partial charge in [-0.25, -0.2) is 0 Å². The maximum Gasteiger partial charge on any atom is 0.313 e. The molecule has 2 saturated heterocycles. The standard InChI is InChI=1S/C13H19N5O4S/c1-16(2)23(21,22)18-7-10-6-17(11-4-3-5-14-15-11)8-13(10,9-18)12(19)20/h3-5,10H,6-9H2,1-2H3,(H,19,20)/t10-,13-/m0/s1. The minimum Gasteiger partial charge on any atom is -0.481 e. The number of carboxylic acid groups (broad SMARTS) is 1. The van der Waals surface area contributed by atoms with Crippen LogP contribution in [0.25, 0.3) is 0 Å². The molecule has 0 amide bonds. The number of hydrogen-bond donors (Lipinski definition) is 1. The van der Waals surface area contributed by atoms with Crippen molar-refractivity contribution in [2.45, 2.75) is 0 Å². The zero-order valence-corrected chi connectivity index (χ0v) is 13.8. The molecule has 0 saturated carbocycles. The Labute approximate surface area is 134 Å². The highest BCUT2D eigenvalue weighted by molar-refractivity contribution is 7.86. The lowest BCUT2D eigenvalue weighted by atomic mass is 9.81. The van der Waals surface area contributed by atoms with E-state index in [2.05, 4.69) is 10.2 Å². The second kappa shape index (κ2) is 5.39. The average Bonchev–Trinajstić information content (AvgIpc) is 3.03. The van der Waals surface area contributed by atoms with Crippen LogP contribution in [0, 0.1) is 11.3 Å². The first kappa shape index (κ1) is 16.1. The van der Waals surface area contributed by atoms with Crippen molar-refractivity contribution >= 4 is 22.0 Å². The Kier molecular flexibility index (Phi) is 3.77. The Bertz CT molecular complexity index is 710. The third-order valence-electron chi connectivity index (χ3n) is 4.67. The van der Waals surface area contributed by atoms with Gasteiger partial charge in [0.15, 0.2) is 5.82 Å². The van der Waals surface area contributed by atoms with Crippen molar-refractivity contribution in [3.8, 4) is 0 Å². The van der Waals surface area contributed by atoms with Crippen molar-refractivity contribution in [3.63, 3.8) is 0 Å². The van der Waals surface area contributed by atoms with Gasteiger partial charge in [-0.15, -0.1) is 5.10 Å². The quantitative estimate of drug-likeness (QED) is 0.757. The van der Waals surface area contributed by atoms with Crippen molar-refractivity contribution in [2.24, 2.45) is 11.3 Å². The summed E-state index contributed by atoms with van der Waals surface area (Å²) in [5.74, 6) is -0.633. The lowest BCUT2D eigenvalue weighted by molar-refractivity contribution is -0.148. The van der Waals surface area contributed by atoms with Gasteiger partial charge in [0.2, 0.25) is 0 Å². The molecule has 2 aliphatic rings. The number of aliphatic carboxylic acids is 1. The molecule has 23 heavy (non-hydrogen) atoms. The van der Waals surface area contributed by atoms with Crippen LogP contribution in [-0.2, 0) is 15.0 Å². The van der Waals surface area contributed by atoms with Crippen molar-refractivity contribution in [1.29, 1.82) is 0 Å². The van der Waals surface area contributed by atoms with Gasteiger partial charge >= 0.3 is 5.97 Å². The molecular weight excluding hydrogens is 322 g/mol. The number of aromatic nitrogens is 2. The number of carboxylic acids is 1. The van der Waals surface area contributed by atoms with Gasteiger partial charge in [0, 0.05) is 52.4 Å². The molecule has 3 rings (SSSR count). The Morgan fingerprint density at radius 2 is 2.13 bits per heavy atom. The molecule has 0 aliphatic carbocycles. The molecule has 2 fully saturated rings. The number of nitrogens with zero attached hydrogens (tertiary/aromatic N) is 5. The normalized spacial score (nSPS) is 28.3. The smallest absolute Gasteiger partial charge is 0.313 e. The number of carbonyl (C=O) groups is 1. The third-order valence-corrected chi connectivity index (χ3v) is 6.53. The molecule has 0 radical (unpaired) electrons. The van der Waals surface area contributed by atoms with Crippen LogP contribution in [0.5, 0.6) is 0 Å². The fourth-order valence-electron chi connectivity index (χ4n) is 3.36. The molecule has 0 bridgehead atoms. The summed E-state index contributed by atoms with van der Waals surface area (Å²) in [6, 6.07) is 3.52. The van der Waals surface area contributed by atoms with E-state index in [9.17, 15) is 18.3 Å². The van der Waals surface area contributed by atoms with E-state index in [1.807, 2.05) is 4.90 Å². The summed E-state index contributed by atoms with van der Waals surface area (Å²) in [4.78, 5) is 13.8. The second-order valence-corrected chi connectivity index (χ2v) is 8.35. The molecule has 10 heteroatoms. The maximum absolute atomic E-state index is 12.3. The lowest BCUT2D eigenvalue weighted by Gasteiger charge is -2.26. The average molecular weight is 341 g/mol. The van der Waals surface area contributed by atoms with E-state index >= 15 is 0 Å². The zero-order chi connectivity index (χ0) is 16.8. The first-order valence-corrected chi connectivity index (χ1v) is 8.61. The largest absolute Gasteiger partial charge is 0.481 e.